The van der Waals surface area contributed by atoms with Crippen LogP contribution in [0.15, 0.2) is 67.1 Å². The van der Waals surface area contributed by atoms with E-state index in [1.54, 1.807) is 4.68 Å². The van der Waals surface area contributed by atoms with Crippen molar-refractivity contribution < 1.29 is 18.0 Å². The Labute approximate surface area is 197 Å². The van der Waals surface area contributed by atoms with E-state index in [1.807, 2.05) is 31.2 Å². The van der Waals surface area contributed by atoms with E-state index in [4.69, 9.17) is 0 Å². The maximum Gasteiger partial charge on any atom is 0.280 e. The van der Waals surface area contributed by atoms with Gasteiger partial charge in [-0.1, -0.05) is 29.8 Å². The number of hydrogen-bond acceptors (Lipinski definition) is 5. The highest BCUT2D eigenvalue weighted by Gasteiger charge is 2.22. The second-order valence-corrected chi connectivity index (χ2v) is 7.88. The van der Waals surface area contributed by atoms with Crippen LogP contribution in [0.3, 0.4) is 0 Å². The highest BCUT2D eigenvalue weighted by Crippen LogP contribution is 2.27. The Bertz CT molecular complexity index is 1530. The van der Waals surface area contributed by atoms with Gasteiger partial charge in [-0.15, -0.1) is 5.10 Å². The number of aromatic nitrogens is 6. The topological polar surface area (TPSA) is 90.0 Å². The molecule has 5 rings (SSSR count). The first-order valence-corrected chi connectivity index (χ1v) is 10.6. The molecule has 0 fully saturated rings. The summed E-state index contributed by atoms with van der Waals surface area (Å²) < 4.78 is 43.3. The Morgan fingerprint density at radius 2 is 1.91 bits per heavy atom. The number of rotatable bonds is 6. The van der Waals surface area contributed by atoms with Crippen LogP contribution in [-0.4, -0.2) is 35.3 Å². The maximum atomic E-state index is 13.7. The van der Waals surface area contributed by atoms with E-state index in [1.165, 1.54) is 30.6 Å². The van der Waals surface area contributed by atoms with Crippen molar-refractivity contribution in [3.63, 3.8) is 0 Å². The summed E-state index contributed by atoms with van der Waals surface area (Å²) in [5, 5.41) is 10.7. The number of nitrogens with zero attached hydrogens (tertiary/aromatic N) is 6. The van der Waals surface area contributed by atoms with Gasteiger partial charge in [-0.2, -0.15) is 5.10 Å². The molecule has 3 aromatic heterocycles. The summed E-state index contributed by atoms with van der Waals surface area (Å²) in [6, 6.07) is 14.3. The summed E-state index contributed by atoms with van der Waals surface area (Å²) in [6.45, 7) is 2.45. The molecule has 0 aliphatic heterocycles. The van der Waals surface area contributed by atoms with E-state index in [0.717, 1.165) is 27.9 Å². The molecule has 0 saturated heterocycles. The first-order valence-electron chi connectivity index (χ1n) is 10.6. The van der Waals surface area contributed by atoms with Gasteiger partial charge in [0.05, 0.1) is 18.4 Å². The summed E-state index contributed by atoms with van der Waals surface area (Å²) in [5.74, 6) is -1.08. The minimum Gasteiger partial charge on any atom is -0.289 e. The molecule has 0 aliphatic rings. The number of amides is 1. The van der Waals surface area contributed by atoms with Crippen LogP contribution in [0.4, 0.5) is 19.1 Å². The van der Waals surface area contributed by atoms with Crippen LogP contribution in [0.5, 0.6) is 0 Å². The molecule has 1 amide bonds. The zero-order chi connectivity index (χ0) is 24.5. The van der Waals surface area contributed by atoms with E-state index in [9.17, 15) is 18.0 Å². The Kier molecular flexibility index (Phi) is 5.73. The molecule has 0 spiro atoms. The number of carbonyl (C=O) groups is 1. The van der Waals surface area contributed by atoms with Crippen molar-refractivity contribution >= 4 is 17.5 Å². The Balaban J connectivity index is 1.44. The predicted octanol–water partition coefficient (Wildman–Crippen LogP) is 4.67. The molecule has 1 N–H and O–H groups in total. The lowest BCUT2D eigenvalue weighted by Crippen LogP contribution is -2.14. The molecule has 0 atom stereocenters. The molecular weight excluding hydrogens is 459 g/mol. The molecule has 0 radical (unpaired) electrons. The summed E-state index contributed by atoms with van der Waals surface area (Å²) in [4.78, 5) is 21.4. The molecule has 0 aliphatic carbocycles. The third kappa shape index (κ3) is 4.60. The molecule has 35 heavy (non-hydrogen) atoms. The van der Waals surface area contributed by atoms with E-state index in [0.29, 0.717) is 12.1 Å². The largest absolute Gasteiger partial charge is 0.289 e. The molecule has 176 valence electrons. The van der Waals surface area contributed by atoms with Gasteiger partial charge >= 0.3 is 0 Å². The molecule has 8 nitrogen and oxygen atoms in total. The quantitative estimate of drug-likeness (QED) is 0.384. The van der Waals surface area contributed by atoms with Crippen LogP contribution in [0.2, 0.25) is 0 Å². The SMILES string of the molecule is Cc1cccc(Cn2cnc(NC(=O)c3cnn4c(C(F)F)cc(-c5ccc(F)cc5)nc34)n2)c1. The zero-order valence-electron chi connectivity index (χ0n) is 18.4. The van der Waals surface area contributed by atoms with Crippen LogP contribution >= 0.6 is 0 Å². The van der Waals surface area contributed by atoms with E-state index >= 15 is 0 Å². The van der Waals surface area contributed by atoms with E-state index in [-0.39, 0.29) is 22.9 Å². The summed E-state index contributed by atoms with van der Waals surface area (Å²) in [7, 11) is 0. The van der Waals surface area contributed by atoms with Crippen LogP contribution in [0.1, 0.15) is 33.6 Å². The minimum absolute atomic E-state index is 0.0362. The van der Waals surface area contributed by atoms with Gasteiger partial charge in [-0.25, -0.2) is 32.3 Å². The van der Waals surface area contributed by atoms with Gasteiger partial charge in [-0.05, 0) is 42.8 Å². The maximum absolute atomic E-state index is 13.7. The highest BCUT2D eigenvalue weighted by molar-refractivity contribution is 6.07. The smallest absolute Gasteiger partial charge is 0.280 e. The zero-order valence-corrected chi connectivity index (χ0v) is 18.4. The minimum atomic E-state index is -2.88. The molecule has 11 heteroatoms. The van der Waals surface area contributed by atoms with Crippen LogP contribution < -0.4 is 5.32 Å². The Hall–Kier alpha value is -4.54. The standard InChI is InChI=1S/C24H18F3N7O/c1-14-3-2-4-15(9-14)12-33-13-28-24(32-33)31-23(35)18-11-29-34-20(21(26)27)10-19(30-22(18)34)16-5-7-17(25)8-6-16/h2-11,13,21H,12H2,1H3,(H,31,32,35). The van der Waals surface area contributed by atoms with Gasteiger partial charge in [0.2, 0.25) is 5.95 Å². The average molecular weight is 477 g/mol. The first-order chi connectivity index (χ1) is 16.9. The monoisotopic (exact) mass is 477 g/mol. The van der Waals surface area contributed by atoms with Gasteiger partial charge in [0.25, 0.3) is 12.3 Å². The van der Waals surface area contributed by atoms with Crippen molar-refractivity contribution in [2.24, 2.45) is 0 Å². The van der Waals surface area contributed by atoms with Crippen molar-refractivity contribution in [2.75, 3.05) is 5.32 Å². The number of hydrogen-bond donors (Lipinski definition) is 1. The number of alkyl halides is 2. The number of halogens is 3. The van der Waals surface area contributed by atoms with Crippen LogP contribution in [-0.2, 0) is 6.54 Å². The summed E-state index contributed by atoms with van der Waals surface area (Å²) in [5.41, 5.74) is 2.15. The van der Waals surface area contributed by atoms with Gasteiger partial charge in [0.15, 0.2) is 5.65 Å². The van der Waals surface area contributed by atoms with Gasteiger partial charge in [0.1, 0.15) is 23.4 Å². The number of carbonyl (C=O) groups excluding carboxylic acids is 1. The number of nitrogens with one attached hydrogen (secondary N) is 1. The fourth-order valence-electron chi connectivity index (χ4n) is 3.66. The molecule has 2 aromatic carbocycles. The second-order valence-electron chi connectivity index (χ2n) is 7.88. The van der Waals surface area contributed by atoms with Crippen molar-refractivity contribution in [3.8, 4) is 11.3 Å². The highest BCUT2D eigenvalue weighted by atomic mass is 19.3. The summed E-state index contributed by atoms with van der Waals surface area (Å²) >= 11 is 0. The van der Waals surface area contributed by atoms with Crippen LogP contribution in [0.25, 0.3) is 16.9 Å². The van der Waals surface area contributed by atoms with E-state index < -0.39 is 23.8 Å². The van der Waals surface area contributed by atoms with Gasteiger partial charge < -0.3 is 0 Å². The third-order valence-corrected chi connectivity index (χ3v) is 5.30. The van der Waals surface area contributed by atoms with Gasteiger partial charge in [-0.3, -0.25) is 10.1 Å². The van der Waals surface area contributed by atoms with Crippen LogP contribution in [0, 0.1) is 12.7 Å². The lowest BCUT2D eigenvalue weighted by atomic mass is 10.1. The second kappa shape index (κ2) is 9.01. The first kappa shape index (κ1) is 22.3. The Morgan fingerprint density at radius 3 is 2.66 bits per heavy atom. The van der Waals surface area contributed by atoms with E-state index in [2.05, 4.69) is 25.5 Å². The fraction of sp³-hybridized carbons (Fsp3) is 0.125. The number of anilines is 1. The normalized spacial score (nSPS) is 11.3. The fourth-order valence-corrected chi connectivity index (χ4v) is 3.66. The van der Waals surface area contributed by atoms with Crippen molar-refractivity contribution in [1.82, 2.24) is 29.4 Å². The molecule has 0 unspecified atom stereocenters. The molecule has 3 heterocycles. The third-order valence-electron chi connectivity index (χ3n) is 5.30. The average Bonchev–Trinajstić information content (AvgIpc) is 3.45. The number of fused-ring (bicyclic) bond motifs is 1. The lowest BCUT2D eigenvalue weighted by molar-refractivity contribution is 0.102. The lowest BCUT2D eigenvalue weighted by Gasteiger charge is -2.08. The van der Waals surface area contributed by atoms with Crippen molar-refractivity contribution in [3.05, 3.63) is 95.3 Å². The number of aryl methyl sites for hydroxylation is 1. The van der Waals surface area contributed by atoms with Crippen molar-refractivity contribution in [2.45, 2.75) is 19.9 Å². The van der Waals surface area contributed by atoms with Crippen molar-refractivity contribution in [1.29, 1.82) is 0 Å². The molecule has 5 aromatic rings. The molecule has 0 saturated carbocycles. The molecule has 0 bridgehead atoms. The number of benzene rings is 2. The van der Waals surface area contributed by atoms with Gasteiger partial charge in [0, 0.05) is 5.56 Å². The Morgan fingerprint density at radius 1 is 1.11 bits per heavy atom. The predicted molar refractivity (Wildman–Crippen MR) is 122 cm³/mol. The summed E-state index contributed by atoms with van der Waals surface area (Å²) in [6.07, 6.45) is -0.246. The molecular formula is C24H18F3N7O.